The van der Waals surface area contributed by atoms with Gasteiger partial charge in [0.15, 0.2) is 0 Å². The molecule has 10 aromatic carbocycles. The molecule has 3 nitrogen and oxygen atoms in total. The summed E-state index contributed by atoms with van der Waals surface area (Å²) in [5.41, 5.74) is 21.4. The molecular weight excluding hydrogens is 867 g/mol. The minimum atomic E-state index is 0. The molecule has 0 amide bonds. The van der Waals surface area contributed by atoms with Crippen LogP contribution in [0.25, 0.3) is 77.2 Å². The molecule has 66 heavy (non-hydrogen) atoms. The second-order valence-corrected chi connectivity index (χ2v) is 17.0. The lowest BCUT2D eigenvalue weighted by Gasteiger charge is -2.10. The zero-order valence-corrected chi connectivity index (χ0v) is 37.4. The minimum absolute atomic E-state index is 0. The monoisotopic (exact) mass is 915 g/mol. The molecule has 12 aromatic rings. The van der Waals surface area contributed by atoms with Crippen LogP contribution < -0.4 is 5.73 Å². The van der Waals surface area contributed by atoms with Crippen LogP contribution in [-0.2, 0) is 6.42 Å². The molecule has 0 fully saturated rings. The first-order valence-corrected chi connectivity index (χ1v) is 22.7. The first kappa shape index (κ1) is 43.3. The van der Waals surface area contributed by atoms with Crippen molar-refractivity contribution >= 4 is 65.2 Å². The Balaban J connectivity index is 0.000000137. The molecule has 0 aliphatic heterocycles. The summed E-state index contributed by atoms with van der Waals surface area (Å²) in [6.45, 7) is 0. The van der Waals surface area contributed by atoms with Crippen LogP contribution in [0.15, 0.2) is 259 Å². The lowest BCUT2D eigenvalue weighted by molar-refractivity contribution is 1.15. The van der Waals surface area contributed by atoms with Crippen molar-refractivity contribution in [2.75, 3.05) is 5.73 Å². The molecule has 2 aromatic heterocycles. The molecule has 4 heteroatoms. The van der Waals surface area contributed by atoms with Gasteiger partial charge in [-0.15, -0.1) is 0 Å². The van der Waals surface area contributed by atoms with Gasteiger partial charge in [-0.1, -0.05) is 205 Å². The minimum Gasteiger partial charge on any atom is -0.399 e. The number of fused-ring (bicyclic) bond motifs is 6. The lowest BCUT2D eigenvalue weighted by Crippen LogP contribution is -1.95. The van der Waals surface area contributed by atoms with Crippen LogP contribution in [0.5, 0.6) is 0 Å². The van der Waals surface area contributed by atoms with Crippen LogP contribution in [-0.4, -0.2) is 9.13 Å². The molecule has 0 spiro atoms. The van der Waals surface area contributed by atoms with Gasteiger partial charge in [-0.2, -0.15) is 0 Å². The third-order valence-electron chi connectivity index (χ3n) is 11.9. The Kier molecular flexibility index (Phi) is 13.0. The molecule has 0 aliphatic rings. The van der Waals surface area contributed by atoms with Crippen molar-refractivity contribution in [2.45, 2.75) is 13.8 Å². The number of aromatic nitrogens is 2. The van der Waals surface area contributed by atoms with E-state index in [1.54, 1.807) is 0 Å². The number of rotatable bonds is 6. The van der Waals surface area contributed by atoms with Crippen molar-refractivity contribution in [2.24, 2.45) is 0 Å². The van der Waals surface area contributed by atoms with E-state index in [1.165, 1.54) is 88.4 Å². The molecule has 0 saturated heterocycles. The maximum atomic E-state index is 5.60. The number of benzene rings is 10. The van der Waals surface area contributed by atoms with E-state index in [0.29, 0.717) is 0 Å². The molecule has 0 saturated carbocycles. The fourth-order valence-corrected chi connectivity index (χ4v) is 9.01. The average molecular weight is 917 g/mol. The van der Waals surface area contributed by atoms with Gasteiger partial charge in [0.1, 0.15) is 0 Å². The second-order valence-electron chi connectivity index (χ2n) is 16.1. The molecule has 0 aliphatic carbocycles. The van der Waals surface area contributed by atoms with Crippen LogP contribution in [0.4, 0.5) is 5.69 Å². The van der Waals surface area contributed by atoms with Crippen molar-refractivity contribution in [1.29, 1.82) is 0 Å². The van der Waals surface area contributed by atoms with Crippen LogP contribution in [0.2, 0.25) is 0 Å². The maximum Gasteiger partial charge on any atom is 0.0541 e. The highest BCUT2D eigenvalue weighted by Gasteiger charge is 2.12. The smallest absolute Gasteiger partial charge is 0.0541 e. The number of halogens is 1. The van der Waals surface area contributed by atoms with Crippen LogP contribution in [0.1, 0.15) is 18.6 Å². The van der Waals surface area contributed by atoms with E-state index in [2.05, 4.69) is 237 Å². The fourth-order valence-electron chi connectivity index (χ4n) is 8.74. The van der Waals surface area contributed by atoms with Gasteiger partial charge >= 0.3 is 0 Å². The summed E-state index contributed by atoms with van der Waals surface area (Å²) >= 11 is 3.50. The first-order valence-electron chi connectivity index (χ1n) is 21.9. The summed E-state index contributed by atoms with van der Waals surface area (Å²) in [5, 5.41) is 5.19. The van der Waals surface area contributed by atoms with Crippen LogP contribution >= 0.6 is 15.9 Å². The molecule has 2 heterocycles. The largest absolute Gasteiger partial charge is 0.399 e. The maximum absolute atomic E-state index is 5.60. The summed E-state index contributed by atoms with van der Waals surface area (Å²) in [5.74, 6) is 0. The number of para-hydroxylation sites is 4. The summed E-state index contributed by atoms with van der Waals surface area (Å²) in [6, 6.07) is 89.5. The van der Waals surface area contributed by atoms with Gasteiger partial charge in [0.05, 0.1) is 22.1 Å². The number of nitrogen functional groups attached to an aromatic ring is 1. The normalized spacial score (nSPS) is 10.8. The topological polar surface area (TPSA) is 35.9 Å². The van der Waals surface area contributed by atoms with Crippen molar-refractivity contribution in [1.82, 2.24) is 9.13 Å². The number of hydrogen-bond donors (Lipinski definition) is 1. The highest BCUT2D eigenvalue weighted by molar-refractivity contribution is 9.10. The highest BCUT2D eigenvalue weighted by Crippen LogP contribution is 2.34. The fraction of sp³-hybridized carbons (Fsp3) is 0.0323. The van der Waals surface area contributed by atoms with E-state index in [9.17, 15) is 0 Å². The molecular formula is C62H50BrN3. The van der Waals surface area contributed by atoms with Crippen molar-refractivity contribution in [3.63, 3.8) is 0 Å². The number of hydrogen-bond acceptors (Lipinski definition) is 1. The van der Waals surface area contributed by atoms with Gasteiger partial charge in [-0.05, 0) is 113 Å². The Bertz CT molecular complexity index is 3370. The van der Waals surface area contributed by atoms with Crippen molar-refractivity contribution in [3.8, 4) is 33.6 Å². The molecule has 0 atom stereocenters. The zero-order chi connectivity index (χ0) is 44.0. The summed E-state index contributed by atoms with van der Waals surface area (Å²) < 4.78 is 5.78. The predicted molar refractivity (Wildman–Crippen MR) is 287 cm³/mol. The van der Waals surface area contributed by atoms with E-state index < -0.39 is 0 Å². The Morgan fingerprint density at radius 2 is 0.591 bits per heavy atom. The van der Waals surface area contributed by atoms with Crippen LogP contribution in [0.3, 0.4) is 0 Å². The van der Waals surface area contributed by atoms with Gasteiger partial charge in [-0.3, -0.25) is 0 Å². The van der Waals surface area contributed by atoms with Gasteiger partial charge in [0.2, 0.25) is 0 Å². The number of nitrogens with zero attached hydrogens (tertiary/aromatic N) is 2. The molecule has 2 N–H and O–H groups in total. The van der Waals surface area contributed by atoms with E-state index >= 15 is 0 Å². The summed E-state index contributed by atoms with van der Waals surface area (Å²) in [7, 11) is 0. The third-order valence-corrected chi connectivity index (χ3v) is 12.5. The molecule has 320 valence electrons. The van der Waals surface area contributed by atoms with E-state index in [4.69, 9.17) is 5.73 Å². The van der Waals surface area contributed by atoms with Crippen molar-refractivity contribution in [3.05, 3.63) is 270 Å². The quantitative estimate of drug-likeness (QED) is 0.166. The van der Waals surface area contributed by atoms with E-state index in [-0.39, 0.29) is 7.43 Å². The zero-order valence-electron chi connectivity index (χ0n) is 35.8. The molecule has 0 radical (unpaired) electrons. The first-order chi connectivity index (χ1) is 32.1. The third kappa shape index (κ3) is 9.19. The summed E-state index contributed by atoms with van der Waals surface area (Å²) in [6.07, 6.45) is 0.933. The van der Waals surface area contributed by atoms with Crippen LogP contribution in [0, 0.1) is 0 Å². The SMILES string of the molecule is Brc1ccc(-n2c3ccccc3c3ccccc32)cc1.C.Nc1ccc(-c2ccccc2)cc1.c1ccc(-c2ccc(Cc3ccc(-n4c5ccccc5c5ccccc54)cc3)cc2)cc1. The lowest BCUT2D eigenvalue weighted by atomic mass is 10.0. The Labute approximate surface area is 395 Å². The van der Waals surface area contributed by atoms with E-state index in [0.717, 1.165) is 16.6 Å². The van der Waals surface area contributed by atoms with Gasteiger partial charge in [0.25, 0.3) is 0 Å². The van der Waals surface area contributed by atoms with Gasteiger partial charge < -0.3 is 14.9 Å². The average Bonchev–Trinajstić information content (AvgIpc) is 3.89. The Morgan fingerprint density at radius 1 is 0.303 bits per heavy atom. The van der Waals surface area contributed by atoms with E-state index in [1.807, 2.05) is 42.5 Å². The van der Waals surface area contributed by atoms with Crippen molar-refractivity contribution < 1.29 is 0 Å². The van der Waals surface area contributed by atoms with Gasteiger partial charge in [-0.25, -0.2) is 0 Å². The predicted octanol–water partition coefficient (Wildman–Crippen LogP) is 17.2. The number of anilines is 1. The standard InChI is InChI=1S/C31H23N.C18H12BrN.C12H11N.CH4/c1-2-8-25(9-3-1)26-18-14-23(15-19-26)22-24-16-20-27(21-17-24)32-30-12-6-4-10-28(30)29-11-5-7-13-31(29)32;19-13-9-11-14(12-10-13)20-17-7-3-1-5-15(17)16-6-2-4-8-18(16)20;13-12-8-6-11(7-9-12)10-4-2-1-3-5-10;/h1-21H,22H2;1-12H;1-9H,13H2;1H4. The highest BCUT2D eigenvalue weighted by atomic mass is 79.9. The molecule has 0 unspecified atom stereocenters. The second kappa shape index (κ2) is 19.9. The van der Waals surface area contributed by atoms with Gasteiger partial charge in [0, 0.05) is 43.1 Å². The Morgan fingerprint density at radius 3 is 0.970 bits per heavy atom. The molecule has 0 bridgehead atoms. The molecule has 12 rings (SSSR count). The number of nitrogens with two attached hydrogens (primary N) is 1. The Hall–Kier alpha value is -7.92. The summed E-state index contributed by atoms with van der Waals surface area (Å²) in [4.78, 5) is 0.